The van der Waals surface area contributed by atoms with E-state index in [1.165, 1.54) is 0 Å². The number of ketones is 1. The molecule has 1 nitrogen and oxygen atoms in total. The molecule has 0 aliphatic heterocycles. The highest BCUT2D eigenvalue weighted by atomic mass is 32.1. The standard InChI is InChI=1S/C12H10OS/c13-12(11-3-1-2-4-11)6-5-10-7-8-14-9-10/h1-9,11H. The van der Waals surface area contributed by atoms with Gasteiger partial charge in [-0.2, -0.15) is 11.3 Å². The summed E-state index contributed by atoms with van der Waals surface area (Å²) < 4.78 is 0. The topological polar surface area (TPSA) is 17.1 Å². The van der Waals surface area contributed by atoms with Gasteiger partial charge in [-0.05, 0) is 28.5 Å². The predicted molar refractivity (Wildman–Crippen MR) is 60.1 cm³/mol. The zero-order chi connectivity index (χ0) is 9.80. The van der Waals surface area contributed by atoms with Crippen LogP contribution >= 0.6 is 11.3 Å². The highest BCUT2D eigenvalue weighted by Gasteiger charge is 2.10. The van der Waals surface area contributed by atoms with E-state index < -0.39 is 0 Å². The van der Waals surface area contributed by atoms with Crippen LogP contribution in [0.4, 0.5) is 0 Å². The first kappa shape index (κ1) is 9.16. The summed E-state index contributed by atoms with van der Waals surface area (Å²) in [6.07, 6.45) is 11.1. The molecule has 0 fully saturated rings. The van der Waals surface area contributed by atoms with Crippen LogP contribution < -0.4 is 0 Å². The summed E-state index contributed by atoms with van der Waals surface area (Å²) in [7, 11) is 0. The Hall–Kier alpha value is -1.41. The summed E-state index contributed by atoms with van der Waals surface area (Å²) in [5.41, 5.74) is 1.09. The maximum atomic E-state index is 11.6. The quantitative estimate of drug-likeness (QED) is 0.688. The van der Waals surface area contributed by atoms with Gasteiger partial charge in [0.15, 0.2) is 5.78 Å². The van der Waals surface area contributed by atoms with Crippen LogP contribution in [0.25, 0.3) is 6.08 Å². The molecule has 0 unspecified atom stereocenters. The molecule has 70 valence electrons. The van der Waals surface area contributed by atoms with Gasteiger partial charge in [-0.15, -0.1) is 0 Å². The Kier molecular flexibility index (Phi) is 2.75. The van der Waals surface area contributed by atoms with E-state index in [4.69, 9.17) is 0 Å². The van der Waals surface area contributed by atoms with Gasteiger partial charge in [0.05, 0.1) is 5.92 Å². The molecule has 1 aliphatic rings. The van der Waals surface area contributed by atoms with Crippen LogP contribution in [0, 0.1) is 5.92 Å². The lowest BCUT2D eigenvalue weighted by Crippen LogP contribution is -2.03. The van der Waals surface area contributed by atoms with E-state index in [0.717, 1.165) is 5.56 Å². The molecule has 0 atom stereocenters. The number of hydrogen-bond donors (Lipinski definition) is 0. The first-order valence-corrected chi connectivity index (χ1v) is 5.40. The van der Waals surface area contributed by atoms with Crippen molar-refractivity contribution >= 4 is 23.2 Å². The summed E-state index contributed by atoms with van der Waals surface area (Å²) >= 11 is 1.63. The molecule has 1 heterocycles. The van der Waals surface area contributed by atoms with Crippen molar-refractivity contribution in [2.45, 2.75) is 0 Å². The van der Waals surface area contributed by atoms with Gasteiger partial charge in [-0.1, -0.05) is 30.4 Å². The van der Waals surface area contributed by atoms with Crippen molar-refractivity contribution in [3.8, 4) is 0 Å². The van der Waals surface area contributed by atoms with Gasteiger partial charge >= 0.3 is 0 Å². The van der Waals surface area contributed by atoms with E-state index in [1.54, 1.807) is 17.4 Å². The molecule has 0 spiro atoms. The molecule has 14 heavy (non-hydrogen) atoms. The third-order valence-corrected chi connectivity index (χ3v) is 2.76. The number of hydrogen-bond acceptors (Lipinski definition) is 2. The molecule has 2 heteroatoms. The molecule has 0 saturated carbocycles. The first-order valence-electron chi connectivity index (χ1n) is 4.45. The van der Waals surface area contributed by atoms with Gasteiger partial charge < -0.3 is 0 Å². The molecule has 0 radical (unpaired) electrons. The fourth-order valence-corrected chi connectivity index (χ4v) is 1.91. The first-order chi connectivity index (χ1) is 6.86. The summed E-state index contributed by atoms with van der Waals surface area (Å²) in [6.45, 7) is 0. The second-order valence-electron chi connectivity index (χ2n) is 3.09. The number of allylic oxidation sites excluding steroid dienone is 5. The fraction of sp³-hybridized carbons (Fsp3) is 0.0833. The van der Waals surface area contributed by atoms with E-state index in [9.17, 15) is 4.79 Å². The van der Waals surface area contributed by atoms with Crippen molar-refractivity contribution in [2.75, 3.05) is 0 Å². The van der Waals surface area contributed by atoms with Crippen molar-refractivity contribution in [3.63, 3.8) is 0 Å². The average molecular weight is 202 g/mol. The highest BCUT2D eigenvalue weighted by Crippen LogP contribution is 2.13. The van der Waals surface area contributed by atoms with Crippen LogP contribution in [0.15, 0.2) is 47.2 Å². The molecule has 0 bridgehead atoms. The molecule has 0 N–H and O–H groups in total. The van der Waals surface area contributed by atoms with Crippen LogP contribution in [-0.2, 0) is 4.79 Å². The normalized spacial score (nSPS) is 15.7. The Morgan fingerprint density at radius 1 is 1.36 bits per heavy atom. The molecule has 1 aromatic heterocycles. The lowest BCUT2D eigenvalue weighted by Gasteiger charge is -1.97. The SMILES string of the molecule is O=C(C=Cc1ccsc1)C1C=CC=C1. The summed E-state index contributed by atoms with van der Waals surface area (Å²) in [4.78, 5) is 11.6. The van der Waals surface area contributed by atoms with Crippen molar-refractivity contribution in [2.24, 2.45) is 5.92 Å². The number of carbonyl (C=O) groups excluding carboxylic acids is 1. The molecule has 1 aliphatic carbocycles. The van der Waals surface area contributed by atoms with Crippen LogP contribution in [-0.4, -0.2) is 5.78 Å². The Morgan fingerprint density at radius 3 is 2.79 bits per heavy atom. The number of carbonyl (C=O) groups is 1. The van der Waals surface area contributed by atoms with Gasteiger partial charge in [0.25, 0.3) is 0 Å². The molecule has 2 rings (SSSR count). The molecule has 0 aromatic carbocycles. The van der Waals surface area contributed by atoms with E-state index in [2.05, 4.69) is 0 Å². The Labute approximate surface area is 87.1 Å². The summed E-state index contributed by atoms with van der Waals surface area (Å²) in [5, 5.41) is 4.02. The van der Waals surface area contributed by atoms with Gasteiger partial charge in [0.2, 0.25) is 0 Å². The van der Waals surface area contributed by atoms with Gasteiger partial charge in [-0.25, -0.2) is 0 Å². The monoisotopic (exact) mass is 202 g/mol. The molecular formula is C12H10OS. The average Bonchev–Trinajstić information content (AvgIpc) is 2.87. The van der Waals surface area contributed by atoms with E-state index >= 15 is 0 Å². The second-order valence-corrected chi connectivity index (χ2v) is 3.87. The van der Waals surface area contributed by atoms with Gasteiger partial charge in [0, 0.05) is 0 Å². The smallest absolute Gasteiger partial charge is 0.166 e. The van der Waals surface area contributed by atoms with Crippen molar-refractivity contribution in [1.82, 2.24) is 0 Å². The van der Waals surface area contributed by atoms with Gasteiger partial charge in [-0.3, -0.25) is 4.79 Å². The zero-order valence-electron chi connectivity index (χ0n) is 7.59. The highest BCUT2D eigenvalue weighted by molar-refractivity contribution is 7.08. The number of thiophene rings is 1. The minimum absolute atomic E-state index is 0.0510. The molecule has 0 saturated heterocycles. The largest absolute Gasteiger partial charge is 0.294 e. The maximum absolute atomic E-state index is 11.6. The third kappa shape index (κ3) is 2.09. The number of rotatable bonds is 3. The lowest BCUT2D eigenvalue weighted by molar-refractivity contribution is -0.115. The van der Waals surface area contributed by atoms with Crippen LogP contribution in [0.5, 0.6) is 0 Å². The summed E-state index contributed by atoms with van der Waals surface area (Å²) in [5.74, 6) is 0.0890. The maximum Gasteiger partial charge on any atom is 0.166 e. The minimum atomic E-state index is -0.0510. The van der Waals surface area contributed by atoms with E-state index in [1.807, 2.05) is 47.2 Å². The lowest BCUT2D eigenvalue weighted by atomic mass is 10.1. The Morgan fingerprint density at radius 2 is 2.14 bits per heavy atom. The minimum Gasteiger partial charge on any atom is -0.294 e. The summed E-state index contributed by atoms with van der Waals surface area (Å²) in [6, 6.07) is 1.99. The van der Waals surface area contributed by atoms with E-state index in [-0.39, 0.29) is 11.7 Å². The van der Waals surface area contributed by atoms with E-state index in [0.29, 0.717) is 0 Å². The van der Waals surface area contributed by atoms with Crippen molar-refractivity contribution in [1.29, 1.82) is 0 Å². The fourth-order valence-electron chi connectivity index (χ4n) is 1.28. The molecular weight excluding hydrogens is 192 g/mol. The zero-order valence-corrected chi connectivity index (χ0v) is 8.41. The van der Waals surface area contributed by atoms with Crippen molar-refractivity contribution < 1.29 is 4.79 Å². The van der Waals surface area contributed by atoms with Crippen LogP contribution in [0.2, 0.25) is 0 Å². The molecule has 0 amide bonds. The van der Waals surface area contributed by atoms with Gasteiger partial charge in [0.1, 0.15) is 0 Å². The van der Waals surface area contributed by atoms with Crippen molar-refractivity contribution in [3.05, 3.63) is 52.8 Å². The predicted octanol–water partition coefficient (Wildman–Crippen LogP) is 3.07. The Bertz CT molecular complexity index is 384. The second kappa shape index (κ2) is 4.20. The van der Waals surface area contributed by atoms with Crippen LogP contribution in [0.1, 0.15) is 5.56 Å². The third-order valence-electron chi connectivity index (χ3n) is 2.06. The molecule has 1 aromatic rings. The van der Waals surface area contributed by atoms with Crippen LogP contribution in [0.3, 0.4) is 0 Å². The Balaban J connectivity index is 2.01.